The summed E-state index contributed by atoms with van der Waals surface area (Å²) in [4.78, 5) is 0. The summed E-state index contributed by atoms with van der Waals surface area (Å²) in [6.45, 7) is 12.2. The minimum atomic E-state index is -0.602. The normalized spacial score (nSPS) is 28.6. The van der Waals surface area contributed by atoms with Crippen molar-refractivity contribution in [2.75, 3.05) is 0 Å². The van der Waals surface area contributed by atoms with E-state index in [0.717, 1.165) is 0 Å². The maximum Gasteiger partial charge on any atom is 0.169 e. The lowest BCUT2D eigenvalue weighted by Gasteiger charge is -2.35. The highest BCUT2D eigenvalue weighted by Crippen LogP contribution is 2.34. The van der Waals surface area contributed by atoms with Crippen LogP contribution in [0.25, 0.3) is 0 Å². The molecule has 2 atom stereocenters. The Hall–Kier alpha value is -0.640. The van der Waals surface area contributed by atoms with Crippen LogP contribution in [0.1, 0.15) is 41.5 Å². The highest BCUT2D eigenvalue weighted by Gasteiger charge is 2.42. The van der Waals surface area contributed by atoms with Gasteiger partial charge in [0.2, 0.25) is 0 Å². The summed E-state index contributed by atoms with van der Waals surface area (Å²) in [5.74, 6) is 0. The van der Waals surface area contributed by atoms with Crippen LogP contribution in [0, 0.1) is 5.41 Å². The van der Waals surface area contributed by atoms with Crippen LogP contribution in [0.4, 0.5) is 0 Å². The van der Waals surface area contributed by atoms with E-state index in [-0.39, 0.29) is 17.0 Å². The van der Waals surface area contributed by atoms with E-state index in [1.54, 1.807) is 5.01 Å². The summed E-state index contributed by atoms with van der Waals surface area (Å²) >= 11 is 0. The highest BCUT2D eigenvalue weighted by atomic mass is 16.3. The molecule has 0 aromatic heterocycles. The molecular formula is C10H21N3O. The zero-order valence-corrected chi connectivity index (χ0v) is 9.94. The Bertz CT molecular complexity index is 213. The van der Waals surface area contributed by atoms with E-state index >= 15 is 0 Å². The Balaban J connectivity index is 2.81. The molecule has 0 radical (unpaired) electrons. The summed E-state index contributed by atoms with van der Waals surface area (Å²) in [5, 5.41) is 19.9. The number of aliphatic hydroxyl groups excluding tert-OH is 1. The van der Waals surface area contributed by atoms with Gasteiger partial charge in [-0.2, -0.15) is 5.11 Å². The van der Waals surface area contributed by atoms with Crippen molar-refractivity contribution in [2.45, 2.75) is 59.4 Å². The van der Waals surface area contributed by atoms with Gasteiger partial charge in [0.15, 0.2) is 6.23 Å². The zero-order valence-electron chi connectivity index (χ0n) is 9.94. The van der Waals surface area contributed by atoms with Crippen LogP contribution in [-0.2, 0) is 0 Å². The lowest BCUT2D eigenvalue weighted by molar-refractivity contribution is -0.0555. The van der Waals surface area contributed by atoms with E-state index in [2.05, 4.69) is 31.1 Å². The Morgan fingerprint density at radius 3 is 1.79 bits per heavy atom. The first-order valence-corrected chi connectivity index (χ1v) is 5.02. The second-order valence-electron chi connectivity index (χ2n) is 5.94. The Morgan fingerprint density at radius 2 is 1.57 bits per heavy atom. The largest absolute Gasteiger partial charge is 0.370 e. The average Bonchev–Trinajstić information content (AvgIpc) is 2.26. The van der Waals surface area contributed by atoms with Gasteiger partial charge in [-0.3, -0.25) is 0 Å². The van der Waals surface area contributed by atoms with Crippen LogP contribution >= 0.6 is 0 Å². The fourth-order valence-electron chi connectivity index (χ4n) is 1.51. The molecule has 1 rings (SSSR count). The third-order valence-corrected chi connectivity index (χ3v) is 2.38. The molecule has 1 aliphatic heterocycles. The fraction of sp³-hybridized carbons (Fsp3) is 1.00. The fourth-order valence-corrected chi connectivity index (χ4v) is 1.51. The van der Waals surface area contributed by atoms with Crippen LogP contribution in [-0.4, -0.2) is 27.9 Å². The summed E-state index contributed by atoms with van der Waals surface area (Å²) < 4.78 is 0. The number of nitrogens with zero attached hydrogens (tertiary/aromatic N) is 3. The monoisotopic (exact) mass is 199 g/mol. The summed E-state index contributed by atoms with van der Waals surface area (Å²) in [6, 6.07) is -0.137. The van der Waals surface area contributed by atoms with Crippen molar-refractivity contribution >= 4 is 0 Å². The molecule has 4 nitrogen and oxygen atoms in total. The second kappa shape index (κ2) is 3.19. The molecule has 0 spiro atoms. The SMILES string of the molecule is CC(C)(C)C1N=NN(C(C)(C)C)C1O. The first kappa shape index (κ1) is 11.4. The molecule has 82 valence electrons. The van der Waals surface area contributed by atoms with Gasteiger partial charge in [-0.25, -0.2) is 5.01 Å². The van der Waals surface area contributed by atoms with Gasteiger partial charge in [0, 0.05) is 0 Å². The van der Waals surface area contributed by atoms with Crippen LogP contribution in [0.5, 0.6) is 0 Å². The summed E-state index contributed by atoms with van der Waals surface area (Å²) in [7, 11) is 0. The Kier molecular flexibility index (Phi) is 2.61. The average molecular weight is 199 g/mol. The number of hydrogen-bond donors (Lipinski definition) is 1. The van der Waals surface area contributed by atoms with Gasteiger partial charge >= 0.3 is 0 Å². The molecular weight excluding hydrogens is 178 g/mol. The van der Waals surface area contributed by atoms with Crippen molar-refractivity contribution in [3.63, 3.8) is 0 Å². The first-order chi connectivity index (χ1) is 6.14. The van der Waals surface area contributed by atoms with Crippen molar-refractivity contribution < 1.29 is 5.11 Å². The standard InChI is InChI=1S/C10H21N3O/c1-9(2,3)7-8(14)13(12-11-7)10(4,5)6/h7-8,14H,1-6H3. The number of aliphatic hydroxyl groups is 1. The molecule has 4 heteroatoms. The molecule has 1 N–H and O–H groups in total. The Labute approximate surface area is 86.0 Å². The van der Waals surface area contributed by atoms with Crippen molar-refractivity contribution in [3.05, 3.63) is 0 Å². The molecule has 2 unspecified atom stereocenters. The summed E-state index contributed by atoms with van der Waals surface area (Å²) in [6.07, 6.45) is -0.602. The number of hydrogen-bond acceptors (Lipinski definition) is 4. The third-order valence-electron chi connectivity index (χ3n) is 2.38. The van der Waals surface area contributed by atoms with Gasteiger partial charge < -0.3 is 5.11 Å². The van der Waals surface area contributed by atoms with Gasteiger partial charge in [0.1, 0.15) is 6.04 Å². The van der Waals surface area contributed by atoms with Crippen LogP contribution in [0.15, 0.2) is 10.3 Å². The molecule has 0 fully saturated rings. The molecule has 0 aromatic rings. The molecule has 0 saturated heterocycles. The van der Waals surface area contributed by atoms with E-state index in [9.17, 15) is 5.11 Å². The summed E-state index contributed by atoms with van der Waals surface area (Å²) in [5.41, 5.74) is -0.230. The highest BCUT2D eigenvalue weighted by molar-refractivity contribution is 4.91. The molecule has 1 heterocycles. The quantitative estimate of drug-likeness (QED) is 0.650. The van der Waals surface area contributed by atoms with Gasteiger partial charge in [0.25, 0.3) is 0 Å². The molecule has 0 saturated carbocycles. The maximum atomic E-state index is 10.1. The van der Waals surface area contributed by atoms with E-state index in [4.69, 9.17) is 0 Å². The lowest BCUT2D eigenvalue weighted by atomic mass is 9.86. The van der Waals surface area contributed by atoms with Gasteiger partial charge in [-0.15, -0.1) is 0 Å². The van der Waals surface area contributed by atoms with Gasteiger partial charge in [-0.05, 0) is 26.2 Å². The van der Waals surface area contributed by atoms with Crippen LogP contribution in [0.3, 0.4) is 0 Å². The molecule has 0 bridgehead atoms. The van der Waals surface area contributed by atoms with Crippen molar-refractivity contribution in [1.29, 1.82) is 0 Å². The first-order valence-electron chi connectivity index (χ1n) is 5.02. The van der Waals surface area contributed by atoms with Crippen LogP contribution in [0.2, 0.25) is 0 Å². The molecule has 0 aromatic carbocycles. The van der Waals surface area contributed by atoms with E-state index in [0.29, 0.717) is 0 Å². The number of rotatable bonds is 0. The second-order valence-corrected chi connectivity index (χ2v) is 5.94. The zero-order chi connectivity index (χ0) is 11.1. The smallest absolute Gasteiger partial charge is 0.169 e. The lowest BCUT2D eigenvalue weighted by Crippen LogP contribution is -2.48. The van der Waals surface area contributed by atoms with E-state index in [1.165, 1.54) is 0 Å². The molecule has 0 aliphatic carbocycles. The van der Waals surface area contributed by atoms with Crippen molar-refractivity contribution in [3.8, 4) is 0 Å². The topological polar surface area (TPSA) is 48.2 Å². The van der Waals surface area contributed by atoms with Gasteiger partial charge in [0.05, 0.1) is 5.54 Å². The maximum absolute atomic E-state index is 10.1. The van der Waals surface area contributed by atoms with Crippen molar-refractivity contribution in [2.24, 2.45) is 15.8 Å². The van der Waals surface area contributed by atoms with Crippen molar-refractivity contribution in [1.82, 2.24) is 5.01 Å². The Morgan fingerprint density at radius 1 is 1.07 bits per heavy atom. The van der Waals surface area contributed by atoms with E-state index < -0.39 is 6.23 Å². The third kappa shape index (κ3) is 2.05. The minimum Gasteiger partial charge on any atom is -0.370 e. The minimum absolute atomic E-state index is 0.0527. The molecule has 0 amide bonds. The predicted molar refractivity (Wildman–Crippen MR) is 55.7 cm³/mol. The van der Waals surface area contributed by atoms with Crippen LogP contribution < -0.4 is 0 Å². The van der Waals surface area contributed by atoms with E-state index in [1.807, 2.05) is 20.8 Å². The van der Waals surface area contributed by atoms with Gasteiger partial charge in [-0.1, -0.05) is 26.0 Å². The molecule has 1 aliphatic rings. The molecule has 14 heavy (non-hydrogen) atoms. The predicted octanol–water partition coefficient (Wildman–Crippen LogP) is 2.20.